The molecule has 0 amide bonds. The molecular weight excluding hydrogens is 244 g/mol. The van der Waals surface area contributed by atoms with Gasteiger partial charge in [-0.15, -0.1) is 0 Å². The summed E-state index contributed by atoms with van der Waals surface area (Å²) in [5.41, 5.74) is -0.233. The van der Waals surface area contributed by atoms with E-state index in [9.17, 15) is 4.79 Å². The Morgan fingerprint density at radius 2 is 2.00 bits per heavy atom. The van der Waals surface area contributed by atoms with Crippen molar-refractivity contribution in [2.24, 2.45) is 0 Å². The van der Waals surface area contributed by atoms with Gasteiger partial charge in [-0.3, -0.25) is 4.79 Å². The number of carbonyl (C=O) groups excluding carboxylic acids is 1. The van der Waals surface area contributed by atoms with Crippen LogP contribution >= 0.6 is 0 Å². The third kappa shape index (κ3) is 3.65. The summed E-state index contributed by atoms with van der Waals surface area (Å²) in [5, 5.41) is 0.215. The molecule has 1 aliphatic rings. The lowest BCUT2D eigenvalue weighted by Crippen LogP contribution is -2.49. The summed E-state index contributed by atoms with van der Waals surface area (Å²) in [6, 6.07) is 0. The Balaban J connectivity index is 2.62. The lowest BCUT2D eigenvalue weighted by Gasteiger charge is -2.42. The molecule has 3 nitrogen and oxygen atoms in total. The van der Waals surface area contributed by atoms with Gasteiger partial charge in [-0.2, -0.15) is 0 Å². The van der Waals surface area contributed by atoms with Gasteiger partial charge in [-0.25, -0.2) is 0 Å². The first-order valence-electron chi connectivity index (χ1n) is 6.91. The van der Waals surface area contributed by atoms with E-state index in [0.717, 1.165) is 12.8 Å². The molecule has 18 heavy (non-hydrogen) atoms. The van der Waals surface area contributed by atoms with E-state index in [-0.39, 0.29) is 23.0 Å². The highest BCUT2D eigenvalue weighted by Gasteiger charge is 2.41. The van der Waals surface area contributed by atoms with Crippen LogP contribution in [0.15, 0.2) is 0 Å². The second-order valence-electron chi connectivity index (χ2n) is 6.91. The van der Waals surface area contributed by atoms with Crippen molar-refractivity contribution in [3.63, 3.8) is 0 Å². The minimum Gasteiger partial charge on any atom is -0.414 e. The van der Waals surface area contributed by atoms with Crippen LogP contribution in [-0.2, 0) is 14.0 Å². The molecule has 0 aromatic carbocycles. The minimum atomic E-state index is -1.73. The predicted octanol–water partition coefficient (Wildman–Crippen LogP) is 3.54. The molecule has 0 aromatic heterocycles. The Hall–Kier alpha value is -0.193. The third-order valence-electron chi connectivity index (χ3n) is 4.55. The average molecular weight is 272 g/mol. The lowest BCUT2D eigenvalue weighted by atomic mass is 9.92. The number of ether oxygens (including phenoxy) is 1. The van der Waals surface area contributed by atoms with Crippen molar-refractivity contribution in [2.45, 2.75) is 70.7 Å². The average Bonchev–Trinajstić information content (AvgIpc) is 2.28. The number of rotatable bonds is 4. The molecule has 1 saturated heterocycles. The van der Waals surface area contributed by atoms with Gasteiger partial charge in [0.05, 0.1) is 12.2 Å². The smallest absolute Gasteiger partial charge is 0.192 e. The Morgan fingerprint density at radius 3 is 2.39 bits per heavy atom. The molecule has 0 saturated carbocycles. The summed E-state index contributed by atoms with van der Waals surface area (Å²) in [6.45, 7) is 14.2. The quantitative estimate of drug-likeness (QED) is 0.734. The summed E-state index contributed by atoms with van der Waals surface area (Å²) < 4.78 is 12.0. The van der Waals surface area contributed by atoms with Crippen LogP contribution in [0.4, 0.5) is 0 Å². The van der Waals surface area contributed by atoms with E-state index < -0.39 is 8.32 Å². The van der Waals surface area contributed by atoms with Crippen LogP contribution in [-0.4, -0.2) is 32.9 Å². The zero-order chi connectivity index (χ0) is 14.0. The van der Waals surface area contributed by atoms with E-state index in [2.05, 4.69) is 40.8 Å². The molecule has 0 spiro atoms. The van der Waals surface area contributed by atoms with E-state index in [1.165, 1.54) is 0 Å². The van der Waals surface area contributed by atoms with Gasteiger partial charge >= 0.3 is 0 Å². The molecule has 1 fully saturated rings. The van der Waals surface area contributed by atoms with Crippen molar-refractivity contribution < 1.29 is 14.0 Å². The zero-order valence-corrected chi connectivity index (χ0v) is 13.8. The van der Waals surface area contributed by atoms with E-state index in [0.29, 0.717) is 13.0 Å². The van der Waals surface area contributed by atoms with Gasteiger partial charge in [0.2, 0.25) is 0 Å². The van der Waals surface area contributed by atoms with Crippen molar-refractivity contribution in [1.29, 1.82) is 0 Å². The number of ketones is 1. The summed E-state index contributed by atoms with van der Waals surface area (Å²) in [4.78, 5) is 11.3. The van der Waals surface area contributed by atoms with E-state index in [4.69, 9.17) is 9.16 Å². The fraction of sp³-hybridized carbons (Fsp3) is 0.929. The standard InChI is InChI=1S/C14H28O3Si/c1-7-14(9-8-12(15)10-16-14)11-17-18(5,6)13(2,3)4/h7-11H2,1-6H3. The van der Waals surface area contributed by atoms with E-state index >= 15 is 0 Å². The maximum absolute atomic E-state index is 11.3. The number of Topliss-reactive ketones (excluding diaryl/α,β-unsaturated/α-hetero) is 1. The van der Waals surface area contributed by atoms with Gasteiger partial charge in [0.15, 0.2) is 14.1 Å². The second kappa shape index (κ2) is 5.43. The fourth-order valence-electron chi connectivity index (χ4n) is 1.77. The first-order chi connectivity index (χ1) is 8.12. The molecule has 0 bridgehead atoms. The molecular formula is C14H28O3Si. The topological polar surface area (TPSA) is 35.5 Å². The predicted molar refractivity (Wildman–Crippen MR) is 76.4 cm³/mol. The van der Waals surface area contributed by atoms with Crippen LogP contribution < -0.4 is 0 Å². The number of carbonyl (C=O) groups is 1. The largest absolute Gasteiger partial charge is 0.414 e. The minimum absolute atomic E-state index is 0.214. The molecule has 0 aliphatic carbocycles. The van der Waals surface area contributed by atoms with Crippen LogP contribution in [0.3, 0.4) is 0 Å². The molecule has 1 unspecified atom stereocenters. The van der Waals surface area contributed by atoms with Gasteiger partial charge in [0.25, 0.3) is 0 Å². The first-order valence-corrected chi connectivity index (χ1v) is 9.82. The second-order valence-corrected chi connectivity index (χ2v) is 11.7. The van der Waals surface area contributed by atoms with Crippen LogP contribution in [0.25, 0.3) is 0 Å². The molecule has 1 aliphatic heterocycles. The Bertz CT molecular complexity index is 295. The Morgan fingerprint density at radius 1 is 1.39 bits per heavy atom. The highest BCUT2D eigenvalue weighted by molar-refractivity contribution is 6.74. The molecule has 4 heteroatoms. The van der Waals surface area contributed by atoms with Crippen molar-refractivity contribution in [3.05, 3.63) is 0 Å². The Kier molecular flexibility index (Phi) is 4.79. The van der Waals surface area contributed by atoms with E-state index in [1.807, 2.05) is 0 Å². The molecule has 1 rings (SSSR count). The highest BCUT2D eigenvalue weighted by Crippen LogP contribution is 2.38. The fourth-order valence-corrected chi connectivity index (χ4v) is 2.83. The van der Waals surface area contributed by atoms with Crippen LogP contribution in [0.2, 0.25) is 18.1 Å². The molecule has 0 radical (unpaired) electrons. The van der Waals surface area contributed by atoms with Crippen molar-refractivity contribution in [1.82, 2.24) is 0 Å². The molecule has 1 atom stereocenters. The van der Waals surface area contributed by atoms with Gasteiger partial charge < -0.3 is 9.16 Å². The normalized spacial score (nSPS) is 26.4. The first kappa shape index (κ1) is 15.9. The lowest BCUT2D eigenvalue weighted by molar-refractivity contribution is -0.148. The summed E-state index contributed by atoms with van der Waals surface area (Å²) in [7, 11) is -1.73. The highest BCUT2D eigenvalue weighted by atomic mass is 28.4. The zero-order valence-electron chi connectivity index (χ0n) is 12.8. The van der Waals surface area contributed by atoms with Crippen LogP contribution in [0.5, 0.6) is 0 Å². The number of hydrogen-bond donors (Lipinski definition) is 0. The summed E-state index contributed by atoms with van der Waals surface area (Å²) >= 11 is 0. The maximum atomic E-state index is 11.3. The molecule has 0 N–H and O–H groups in total. The van der Waals surface area contributed by atoms with Gasteiger partial charge in [-0.1, -0.05) is 27.7 Å². The third-order valence-corrected chi connectivity index (χ3v) is 9.02. The van der Waals surface area contributed by atoms with Crippen molar-refractivity contribution in [2.75, 3.05) is 13.2 Å². The molecule has 1 heterocycles. The van der Waals surface area contributed by atoms with Crippen LogP contribution in [0.1, 0.15) is 47.0 Å². The van der Waals surface area contributed by atoms with Crippen LogP contribution in [0, 0.1) is 0 Å². The van der Waals surface area contributed by atoms with Crippen molar-refractivity contribution >= 4 is 14.1 Å². The maximum Gasteiger partial charge on any atom is 0.192 e. The van der Waals surface area contributed by atoms with Crippen molar-refractivity contribution in [3.8, 4) is 0 Å². The van der Waals surface area contributed by atoms with Gasteiger partial charge in [0.1, 0.15) is 6.61 Å². The monoisotopic (exact) mass is 272 g/mol. The Labute approximate surface area is 112 Å². The SMILES string of the molecule is CCC1(CO[Si](C)(C)C(C)(C)C)CCC(=O)CO1. The van der Waals surface area contributed by atoms with Gasteiger partial charge in [0, 0.05) is 6.42 Å². The molecule has 0 aromatic rings. The molecule has 106 valence electrons. The van der Waals surface area contributed by atoms with E-state index in [1.54, 1.807) is 0 Å². The summed E-state index contributed by atoms with van der Waals surface area (Å²) in [6.07, 6.45) is 2.35. The number of hydrogen-bond acceptors (Lipinski definition) is 3. The van der Waals surface area contributed by atoms with Gasteiger partial charge in [-0.05, 0) is 31.0 Å². The summed E-state index contributed by atoms with van der Waals surface area (Å²) in [5.74, 6) is 0.214.